The van der Waals surface area contributed by atoms with E-state index in [1.165, 1.54) is 96.3 Å². The van der Waals surface area contributed by atoms with E-state index in [4.69, 9.17) is 18.5 Å². The van der Waals surface area contributed by atoms with Crippen LogP contribution in [0.2, 0.25) is 0 Å². The first-order valence-electron chi connectivity index (χ1n) is 20.0. The lowest BCUT2D eigenvalue weighted by atomic mass is 10.0. The van der Waals surface area contributed by atoms with Gasteiger partial charge >= 0.3 is 19.8 Å². The first-order valence-corrected chi connectivity index (χ1v) is 21.5. The molecular formula is C39H76NO8P. The molecule has 0 aromatic rings. The minimum Gasteiger partial charge on any atom is -0.462 e. The summed E-state index contributed by atoms with van der Waals surface area (Å²) < 4.78 is 33.3. The summed E-state index contributed by atoms with van der Waals surface area (Å²) in [4.78, 5) is 36.9. The van der Waals surface area contributed by atoms with Crippen LogP contribution in [-0.2, 0) is 32.7 Å². The van der Waals surface area contributed by atoms with Crippen molar-refractivity contribution in [3.8, 4) is 0 Å². The predicted octanol–water partition coefficient (Wildman–Crippen LogP) is 10.9. The largest absolute Gasteiger partial charge is 0.472 e. The Bertz CT molecular complexity index is 838. The fourth-order valence-corrected chi connectivity index (χ4v) is 6.19. The van der Waals surface area contributed by atoms with Crippen LogP contribution in [-0.4, -0.2) is 68.3 Å². The highest BCUT2D eigenvalue weighted by atomic mass is 31.2. The minimum atomic E-state index is -4.35. The number of nitrogens with zero attached hydrogens (tertiary/aromatic N) is 1. The van der Waals surface area contributed by atoms with Crippen molar-refractivity contribution in [2.24, 2.45) is 0 Å². The Balaban J connectivity index is 4.34. The molecule has 0 bridgehead atoms. The monoisotopic (exact) mass is 718 g/mol. The van der Waals surface area contributed by atoms with Gasteiger partial charge in [-0.3, -0.25) is 18.6 Å². The highest BCUT2D eigenvalue weighted by molar-refractivity contribution is 7.47. The summed E-state index contributed by atoms with van der Waals surface area (Å²) in [6.07, 6.45) is 32.5. The van der Waals surface area contributed by atoms with Crippen LogP contribution >= 0.6 is 7.82 Å². The molecule has 0 spiro atoms. The summed E-state index contributed by atoms with van der Waals surface area (Å²) in [7, 11) is -0.707. The summed E-state index contributed by atoms with van der Waals surface area (Å²) in [6, 6.07) is 0. The Hall–Kier alpha value is -1.25. The summed E-state index contributed by atoms with van der Waals surface area (Å²) in [5, 5.41) is 0. The van der Waals surface area contributed by atoms with Crippen LogP contribution in [0.15, 0.2) is 12.2 Å². The van der Waals surface area contributed by atoms with Crippen LogP contribution in [0.5, 0.6) is 0 Å². The number of hydrogen-bond donors (Lipinski definition) is 1. The average Bonchev–Trinajstić information content (AvgIpc) is 3.06. The van der Waals surface area contributed by atoms with Crippen LogP contribution in [0.4, 0.5) is 0 Å². The number of esters is 2. The number of unbranched alkanes of at least 4 members (excludes halogenated alkanes) is 21. The molecule has 0 saturated carbocycles. The highest BCUT2D eigenvalue weighted by Crippen LogP contribution is 2.43. The maximum absolute atomic E-state index is 12.6. The van der Waals surface area contributed by atoms with Crippen molar-refractivity contribution in [2.45, 2.75) is 187 Å². The smallest absolute Gasteiger partial charge is 0.462 e. The Morgan fingerprint density at radius 1 is 0.612 bits per heavy atom. The molecule has 0 radical (unpaired) electrons. The third kappa shape index (κ3) is 36.3. The number of phosphoric ester groups is 1. The van der Waals surface area contributed by atoms with Crippen molar-refractivity contribution in [1.29, 1.82) is 0 Å². The number of rotatable bonds is 37. The second-order valence-electron chi connectivity index (χ2n) is 13.8. The topological polar surface area (TPSA) is 112 Å². The lowest BCUT2D eigenvalue weighted by molar-refractivity contribution is -0.161. The van der Waals surface area contributed by atoms with Crippen LogP contribution in [0.1, 0.15) is 181 Å². The fraction of sp³-hybridized carbons (Fsp3) is 0.897. The van der Waals surface area contributed by atoms with Gasteiger partial charge in [-0.15, -0.1) is 0 Å². The summed E-state index contributed by atoms with van der Waals surface area (Å²) >= 11 is 0. The fourth-order valence-electron chi connectivity index (χ4n) is 5.45. The lowest BCUT2D eigenvalue weighted by Crippen LogP contribution is -2.29. The molecule has 2 atom stereocenters. The van der Waals surface area contributed by atoms with Crippen molar-refractivity contribution >= 4 is 19.8 Å². The van der Waals surface area contributed by atoms with Crippen molar-refractivity contribution in [3.63, 3.8) is 0 Å². The quantitative estimate of drug-likeness (QED) is 0.0290. The van der Waals surface area contributed by atoms with Gasteiger partial charge in [0, 0.05) is 19.4 Å². The molecule has 0 heterocycles. The number of carbonyl (C=O) groups is 2. The molecular weight excluding hydrogens is 641 g/mol. The highest BCUT2D eigenvalue weighted by Gasteiger charge is 2.26. The lowest BCUT2D eigenvalue weighted by Gasteiger charge is -2.20. The zero-order valence-corrected chi connectivity index (χ0v) is 33.0. The number of likely N-dealkylation sites (N-methyl/N-ethyl adjacent to an activating group) is 1. The van der Waals surface area contributed by atoms with Gasteiger partial charge in [0.25, 0.3) is 0 Å². The van der Waals surface area contributed by atoms with Gasteiger partial charge in [0.15, 0.2) is 6.10 Å². The molecule has 10 heteroatoms. The second kappa shape index (κ2) is 35.2. The standard InChI is InChI=1S/C39H76NO8P/c1-5-7-9-11-13-15-17-19-21-23-25-27-29-31-38(41)45-35-37(36-47-49(43,44)46-34-33-40(3)4)48-39(42)32-30-28-26-24-22-20-18-16-14-12-10-8-6-2/h16,18,37H,5-15,17,19-36H2,1-4H3,(H,43,44)/b18-16-. The molecule has 0 aromatic carbocycles. The molecule has 290 valence electrons. The molecule has 0 fully saturated rings. The number of hydrogen-bond acceptors (Lipinski definition) is 8. The van der Waals surface area contributed by atoms with Crippen LogP contribution < -0.4 is 0 Å². The van der Waals surface area contributed by atoms with Gasteiger partial charge in [-0.05, 0) is 52.6 Å². The summed E-state index contributed by atoms with van der Waals surface area (Å²) in [6.45, 7) is 4.30. The summed E-state index contributed by atoms with van der Waals surface area (Å²) in [5.74, 6) is -0.807. The number of carbonyl (C=O) groups excluding carboxylic acids is 2. The van der Waals surface area contributed by atoms with Crippen molar-refractivity contribution in [2.75, 3.05) is 40.5 Å². The molecule has 0 aliphatic rings. The molecule has 0 rings (SSSR count). The van der Waals surface area contributed by atoms with E-state index in [2.05, 4.69) is 26.0 Å². The number of phosphoric acid groups is 1. The van der Waals surface area contributed by atoms with Gasteiger partial charge < -0.3 is 19.3 Å². The van der Waals surface area contributed by atoms with E-state index < -0.39 is 26.5 Å². The Labute approximate surface area is 301 Å². The molecule has 1 N–H and O–H groups in total. The normalized spacial score (nSPS) is 13.6. The van der Waals surface area contributed by atoms with E-state index in [0.29, 0.717) is 19.4 Å². The van der Waals surface area contributed by atoms with Crippen LogP contribution in [0, 0.1) is 0 Å². The maximum Gasteiger partial charge on any atom is 0.472 e. The average molecular weight is 718 g/mol. The van der Waals surface area contributed by atoms with E-state index >= 15 is 0 Å². The SMILES string of the molecule is CCCCCC/C=C\CCCCCCCC(=O)OC(COC(=O)CCCCCCCCCCCCCCC)COP(=O)(O)OCCN(C)C. The van der Waals surface area contributed by atoms with Crippen molar-refractivity contribution in [3.05, 3.63) is 12.2 Å². The van der Waals surface area contributed by atoms with Crippen LogP contribution in [0.25, 0.3) is 0 Å². The van der Waals surface area contributed by atoms with E-state index in [0.717, 1.165) is 51.4 Å². The zero-order valence-electron chi connectivity index (χ0n) is 32.1. The van der Waals surface area contributed by atoms with Gasteiger partial charge in [0.2, 0.25) is 0 Å². The maximum atomic E-state index is 12.6. The van der Waals surface area contributed by atoms with Gasteiger partial charge in [0.1, 0.15) is 6.61 Å². The molecule has 0 aliphatic carbocycles. The van der Waals surface area contributed by atoms with E-state index in [9.17, 15) is 19.0 Å². The first-order chi connectivity index (χ1) is 23.7. The first kappa shape index (κ1) is 47.8. The molecule has 2 unspecified atom stereocenters. The van der Waals surface area contributed by atoms with Crippen molar-refractivity contribution in [1.82, 2.24) is 4.90 Å². The molecule has 9 nitrogen and oxygen atoms in total. The van der Waals surface area contributed by atoms with E-state index in [1.54, 1.807) is 0 Å². The molecule has 0 amide bonds. The third-order valence-electron chi connectivity index (χ3n) is 8.57. The number of ether oxygens (including phenoxy) is 2. The molecule has 49 heavy (non-hydrogen) atoms. The Kier molecular flexibility index (Phi) is 34.3. The van der Waals surface area contributed by atoms with E-state index in [1.807, 2.05) is 19.0 Å². The second-order valence-corrected chi connectivity index (χ2v) is 15.3. The van der Waals surface area contributed by atoms with Crippen LogP contribution in [0.3, 0.4) is 0 Å². The van der Waals surface area contributed by atoms with Gasteiger partial charge in [-0.1, -0.05) is 142 Å². The van der Waals surface area contributed by atoms with Crippen molar-refractivity contribution < 1.29 is 37.6 Å². The van der Waals surface area contributed by atoms with Gasteiger partial charge in [-0.25, -0.2) is 4.57 Å². The number of allylic oxidation sites excluding steroid dienone is 2. The Morgan fingerprint density at radius 2 is 1.04 bits per heavy atom. The molecule has 0 saturated heterocycles. The van der Waals surface area contributed by atoms with Gasteiger partial charge in [-0.2, -0.15) is 0 Å². The zero-order chi connectivity index (χ0) is 36.3. The minimum absolute atomic E-state index is 0.00861. The Morgan fingerprint density at radius 3 is 1.53 bits per heavy atom. The van der Waals surface area contributed by atoms with Gasteiger partial charge in [0.05, 0.1) is 13.2 Å². The third-order valence-corrected chi connectivity index (χ3v) is 9.56. The predicted molar refractivity (Wildman–Crippen MR) is 202 cm³/mol. The molecule has 0 aromatic heterocycles. The molecule has 0 aliphatic heterocycles. The van der Waals surface area contributed by atoms with E-state index in [-0.39, 0.29) is 25.6 Å². The summed E-state index contributed by atoms with van der Waals surface area (Å²) in [5.41, 5.74) is 0.